The molecule has 0 spiro atoms. The Balaban J connectivity index is 0.00000264. The first-order valence-corrected chi connectivity index (χ1v) is 8.81. The van der Waals surface area contributed by atoms with Gasteiger partial charge in [0, 0.05) is 0 Å². The third-order valence-corrected chi connectivity index (χ3v) is 5.62. The van der Waals surface area contributed by atoms with Gasteiger partial charge in [-0.1, -0.05) is 43.0 Å². The molecule has 118 valence electrons. The standard InChI is InChI=1S/C14H12O6S2.Na.H/c1-12(21(15,16)19-13-8-4-2-5-9-13)22(17,18)20-14-10-6-3-7-11-14;;/h2-11H,1H2;;. The van der Waals surface area contributed by atoms with E-state index in [1.807, 2.05) is 0 Å². The molecule has 23 heavy (non-hydrogen) atoms. The number of para-hydroxylation sites is 2. The summed E-state index contributed by atoms with van der Waals surface area (Å²) in [5, 5.41) is 0. The van der Waals surface area contributed by atoms with Gasteiger partial charge < -0.3 is 8.37 Å². The van der Waals surface area contributed by atoms with E-state index in [-0.39, 0.29) is 41.1 Å². The van der Waals surface area contributed by atoms with Gasteiger partial charge in [0.2, 0.25) is 4.24 Å². The minimum absolute atomic E-state index is 0. The van der Waals surface area contributed by atoms with Crippen molar-refractivity contribution < 1.29 is 25.2 Å². The van der Waals surface area contributed by atoms with Gasteiger partial charge in [-0.2, -0.15) is 16.8 Å². The van der Waals surface area contributed by atoms with Gasteiger partial charge in [-0.05, 0) is 24.3 Å². The van der Waals surface area contributed by atoms with Crippen molar-refractivity contribution in [1.29, 1.82) is 0 Å². The topological polar surface area (TPSA) is 86.7 Å². The SMILES string of the molecule is C=C(S(=O)(=O)Oc1ccccc1)S(=O)(=O)Oc1ccccc1.[NaH]. The van der Waals surface area contributed by atoms with Crippen molar-refractivity contribution >= 4 is 49.8 Å². The molecule has 0 unspecified atom stereocenters. The maximum absolute atomic E-state index is 12.0. The van der Waals surface area contributed by atoms with Crippen molar-refractivity contribution in [3.8, 4) is 11.5 Å². The predicted molar refractivity (Wildman–Crippen MR) is 88.3 cm³/mol. The molecular formula is C14H13NaO6S2. The predicted octanol–water partition coefficient (Wildman–Crippen LogP) is 1.63. The van der Waals surface area contributed by atoms with E-state index in [1.165, 1.54) is 24.3 Å². The molecule has 0 bridgehead atoms. The van der Waals surface area contributed by atoms with Gasteiger partial charge in [-0.15, -0.1) is 0 Å². The fraction of sp³-hybridized carbons (Fsp3) is 0. The molecule has 2 rings (SSSR count). The number of benzene rings is 2. The fourth-order valence-electron chi connectivity index (χ4n) is 1.42. The average molecular weight is 364 g/mol. The third kappa shape index (κ3) is 5.36. The van der Waals surface area contributed by atoms with Gasteiger partial charge in [0.25, 0.3) is 0 Å². The normalized spacial score (nSPS) is 11.1. The van der Waals surface area contributed by atoms with Crippen LogP contribution in [0.5, 0.6) is 11.5 Å². The van der Waals surface area contributed by atoms with Crippen LogP contribution in [0.4, 0.5) is 0 Å². The molecule has 0 aromatic heterocycles. The van der Waals surface area contributed by atoms with Crippen molar-refractivity contribution in [2.45, 2.75) is 0 Å². The van der Waals surface area contributed by atoms with Gasteiger partial charge >= 0.3 is 49.8 Å². The zero-order chi connectivity index (χ0) is 16.2. The van der Waals surface area contributed by atoms with Gasteiger partial charge in [0.05, 0.1) is 0 Å². The quantitative estimate of drug-likeness (QED) is 0.572. The Kier molecular flexibility index (Phi) is 6.84. The summed E-state index contributed by atoms with van der Waals surface area (Å²) in [6.45, 7) is 3.06. The van der Waals surface area contributed by atoms with Crippen LogP contribution in [0.1, 0.15) is 0 Å². The third-order valence-electron chi connectivity index (χ3n) is 2.46. The molecule has 6 nitrogen and oxygen atoms in total. The van der Waals surface area contributed by atoms with Gasteiger partial charge in [0.15, 0.2) is 0 Å². The molecule has 0 saturated heterocycles. The molecule has 0 aliphatic heterocycles. The van der Waals surface area contributed by atoms with Crippen LogP contribution in [-0.4, -0.2) is 46.4 Å². The second-order valence-electron chi connectivity index (χ2n) is 4.07. The Morgan fingerprint density at radius 2 is 1.00 bits per heavy atom. The monoisotopic (exact) mass is 364 g/mol. The van der Waals surface area contributed by atoms with Gasteiger partial charge in [-0.25, -0.2) is 0 Å². The summed E-state index contributed by atoms with van der Waals surface area (Å²) in [6.07, 6.45) is 0. The first kappa shape index (κ1) is 19.7. The van der Waals surface area contributed by atoms with Crippen LogP contribution in [0.2, 0.25) is 0 Å². The van der Waals surface area contributed by atoms with Crippen LogP contribution in [-0.2, 0) is 20.2 Å². The van der Waals surface area contributed by atoms with Gasteiger partial charge in [0.1, 0.15) is 11.5 Å². The van der Waals surface area contributed by atoms with Crippen LogP contribution in [0.25, 0.3) is 0 Å². The molecular weight excluding hydrogens is 351 g/mol. The first-order chi connectivity index (χ1) is 10.3. The van der Waals surface area contributed by atoms with E-state index in [4.69, 9.17) is 8.37 Å². The Hall–Kier alpha value is -1.32. The van der Waals surface area contributed by atoms with Crippen LogP contribution in [0.15, 0.2) is 71.5 Å². The van der Waals surface area contributed by atoms with E-state index in [0.29, 0.717) is 0 Å². The molecule has 0 amide bonds. The number of hydrogen-bond acceptors (Lipinski definition) is 6. The van der Waals surface area contributed by atoms with Crippen molar-refractivity contribution in [1.82, 2.24) is 0 Å². The Morgan fingerprint density at radius 3 is 1.30 bits per heavy atom. The van der Waals surface area contributed by atoms with Crippen molar-refractivity contribution in [2.75, 3.05) is 0 Å². The molecule has 0 radical (unpaired) electrons. The number of rotatable bonds is 6. The number of hydrogen-bond donors (Lipinski definition) is 0. The minimum atomic E-state index is -4.60. The molecule has 0 fully saturated rings. The summed E-state index contributed by atoms with van der Waals surface area (Å²) < 4.78 is 56.1. The zero-order valence-corrected chi connectivity index (χ0v) is 12.9. The summed E-state index contributed by atoms with van der Waals surface area (Å²) in [6, 6.07) is 15.0. The molecule has 0 aliphatic carbocycles. The summed E-state index contributed by atoms with van der Waals surface area (Å²) in [4.78, 5) is 0. The molecule has 2 aromatic carbocycles. The first-order valence-electron chi connectivity index (χ1n) is 5.99. The van der Waals surface area contributed by atoms with E-state index in [2.05, 4.69) is 6.58 Å². The summed E-state index contributed by atoms with van der Waals surface area (Å²) in [5.74, 6) is -0.0582. The van der Waals surface area contributed by atoms with Crippen LogP contribution < -0.4 is 8.37 Å². The van der Waals surface area contributed by atoms with Crippen molar-refractivity contribution in [3.63, 3.8) is 0 Å². The maximum atomic E-state index is 12.0. The van der Waals surface area contributed by atoms with Crippen LogP contribution in [0, 0.1) is 0 Å². The van der Waals surface area contributed by atoms with Gasteiger partial charge in [-0.3, -0.25) is 0 Å². The summed E-state index contributed by atoms with van der Waals surface area (Å²) in [7, 11) is -9.20. The molecule has 2 aromatic rings. The molecule has 0 atom stereocenters. The molecule has 0 heterocycles. The summed E-state index contributed by atoms with van der Waals surface area (Å²) in [5.41, 5.74) is 0. The van der Waals surface area contributed by atoms with E-state index in [9.17, 15) is 16.8 Å². The Morgan fingerprint density at radius 1 is 0.696 bits per heavy atom. The van der Waals surface area contributed by atoms with Crippen molar-refractivity contribution in [2.24, 2.45) is 0 Å². The Bertz CT molecular complexity index is 788. The molecule has 9 heteroatoms. The average Bonchev–Trinajstić information content (AvgIpc) is 2.47. The second-order valence-corrected chi connectivity index (χ2v) is 7.47. The van der Waals surface area contributed by atoms with E-state index < -0.39 is 24.5 Å². The second kappa shape index (κ2) is 7.98. The van der Waals surface area contributed by atoms with Crippen molar-refractivity contribution in [3.05, 3.63) is 71.5 Å². The molecule has 0 N–H and O–H groups in total. The zero-order valence-electron chi connectivity index (χ0n) is 11.2. The Labute approximate surface area is 157 Å². The van der Waals surface area contributed by atoms with Crippen LogP contribution in [0.3, 0.4) is 0 Å². The molecule has 0 saturated carbocycles. The van der Waals surface area contributed by atoms with Crippen LogP contribution >= 0.6 is 0 Å². The van der Waals surface area contributed by atoms with E-state index in [0.717, 1.165) is 0 Å². The molecule has 0 aliphatic rings. The van der Waals surface area contributed by atoms with E-state index >= 15 is 0 Å². The van der Waals surface area contributed by atoms with E-state index in [1.54, 1.807) is 36.4 Å². The fourth-order valence-corrected chi connectivity index (χ4v) is 3.54. The summed E-state index contributed by atoms with van der Waals surface area (Å²) >= 11 is 0.